The molecule has 0 amide bonds. The van der Waals surface area contributed by atoms with Crippen LogP contribution in [0.1, 0.15) is 18.7 Å². The highest BCUT2D eigenvalue weighted by Crippen LogP contribution is 2.46. The Bertz CT molecular complexity index is 843. The van der Waals surface area contributed by atoms with E-state index in [1.54, 1.807) is 0 Å². The van der Waals surface area contributed by atoms with Crippen molar-refractivity contribution in [3.8, 4) is 17.3 Å². The zero-order valence-electron chi connectivity index (χ0n) is 11.2. The fourth-order valence-corrected chi connectivity index (χ4v) is 2.78. The number of para-hydroxylation sites is 1. The smallest absolute Gasteiger partial charge is 0.127 e. The Morgan fingerprint density at radius 3 is 2.90 bits per heavy atom. The summed E-state index contributed by atoms with van der Waals surface area (Å²) in [6.45, 7) is 0. The van der Waals surface area contributed by atoms with Crippen LogP contribution >= 0.6 is 0 Å². The predicted molar refractivity (Wildman–Crippen MR) is 77.0 cm³/mol. The lowest BCUT2D eigenvalue weighted by molar-refractivity contribution is 0.822. The maximum atomic E-state index is 9.25. The Kier molecular flexibility index (Phi) is 2.11. The van der Waals surface area contributed by atoms with E-state index in [9.17, 15) is 5.26 Å². The predicted octanol–water partition coefficient (Wildman–Crippen LogP) is 3.12. The normalized spacial score (nSPS) is 16.2. The molecule has 1 aromatic carbocycles. The first-order valence-corrected chi connectivity index (χ1v) is 6.75. The standard InChI is InChI=1S/C16H14N4/c1-20-9-12(11-4-2-3-5-14(11)20)13-8-18-15(19-13)16(10-17)6-7-16/h2-5,8-9H,6-7H2,1H3,(H,18,19). The number of rotatable bonds is 2. The Labute approximate surface area is 116 Å². The van der Waals surface area contributed by atoms with Crippen molar-refractivity contribution >= 4 is 10.9 Å². The molecule has 0 aliphatic heterocycles. The molecular formula is C16H14N4. The second-order valence-corrected chi connectivity index (χ2v) is 5.51. The first-order chi connectivity index (χ1) is 9.73. The third-order valence-corrected chi connectivity index (χ3v) is 4.18. The van der Waals surface area contributed by atoms with E-state index in [1.807, 2.05) is 25.4 Å². The number of benzene rings is 1. The van der Waals surface area contributed by atoms with Crippen molar-refractivity contribution in [1.29, 1.82) is 5.26 Å². The second kappa shape index (κ2) is 3.73. The van der Waals surface area contributed by atoms with Crippen LogP contribution in [0, 0.1) is 11.3 Å². The maximum Gasteiger partial charge on any atom is 0.127 e. The molecule has 1 N–H and O–H groups in total. The van der Waals surface area contributed by atoms with Gasteiger partial charge >= 0.3 is 0 Å². The number of hydrogen-bond acceptors (Lipinski definition) is 2. The van der Waals surface area contributed by atoms with Crippen molar-refractivity contribution in [3.05, 3.63) is 42.5 Å². The minimum atomic E-state index is -0.358. The summed E-state index contributed by atoms with van der Waals surface area (Å²) in [4.78, 5) is 7.77. The van der Waals surface area contributed by atoms with Gasteiger partial charge in [0.25, 0.3) is 0 Å². The van der Waals surface area contributed by atoms with Gasteiger partial charge in [0.1, 0.15) is 11.2 Å². The van der Waals surface area contributed by atoms with Crippen molar-refractivity contribution in [2.45, 2.75) is 18.3 Å². The second-order valence-electron chi connectivity index (χ2n) is 5.51. The maximum absolute atomic E-state index is 9.25. The lowest BCUT2D eigenvalue weighted by atomic mass is 10.1. The van der Waals surface area contributed by atoms with E-state index in [4.69, 9.17) is 0 Å². The Hall–Kier alpha value is -2.54. The fraction of sp³-hybridized carbons (Fsp3) is 0.250. The Morgan fingerprint density at radius 1 is 1.35 bits per heavy atom. The van der Waals surface area contributed by atoms with E-state index in [1.165, 1.54) is 10.9 Å². The molecule has 1 aliphatic carbocycles. The van der Waals surface area contributed by atoms with Crippen molar-refractivity contribution in [3.63, 3.8) is 0 Å². The third kappa shape index (κ3) is 1.44. The summed E-state index contributed by atoms with van der Waals surface area (Å²) in [5, 5.41) is 10.5. The molecule has 0 spiro atoms. The van der Waals surface area contributed by atoms with E-state index in [-0.39, 0.29) is 5.41 Å². The van der Waals surface area contributed by atoms with Gasteiger partial charge in [0.15, 0.2) is 0 Å². The van der Waals surface area contributed by atoms with E-state index in [2.05, 4.69) is 38.9 Å². The number of imidazole rings is 1. The van der Waals surface area contributed by atoms with Gasteiger partial charge in [-0.1, -0.05) is 18.2 Å². The lowest BCUT2D eigenvalue weighted by Gasteiger charge is -1.99. The van der Waals surface area contributed by atoms with Crippen LogP contribution in [-0.2, 0) is 12.5 Å². The molecule has 2 aromatic heterocycles. The average molecular weight is 262 g/mol. The number of fused-ring (bicyclic) bond motifs is 1. The molecule has 0 saturated heterocycles. The summed E-state index contributed by atoms with van der Waals surface area (Å²) in [6, 6.07) is 10.7. The van der Waals surface area contributed by atoms with Gasteiger partial charge in [-0.05, 0) is 18.9 Å². The van der Waals surface area contributed by atoms with Crippen LogP contribution in [-0.4, -0.2) is 14.5 Å². The first-order valence-electron chi connectivity index (χ1n) is 6.75. The van der Waals surface area contributed by atoms with Crippen molar-refractivity contribution < 1.29 is 0 Å². The molecular weight excluding hydrogens is 248 g/mol. The number of H-pyrrole nitrogens is 1. The van der Waals surface area contributed by atoms with Crippen molar-refractivity contribution in [2.24, 2.45) is 7.05 Å². The highest BCUT2D eigenvalue weighted by atomic mass is 15.0. The van der Waals surface area contributed by atoms with Crippen LogP contribution in [0.25, 0.3) is 22.2 Å². The number of nitrogens with one attached hydrogen (secondary N) is 1. The number of aromatic amines is 1. The minimum absolute atomic E-state index is 0.358. The van der Waals surface area contributed by atoms with Gasteiger partial charge in [-0.3, -0.25) is 0 Å². The largest absolute Gasteiger partial charge is 0.350 e. The van der Waals surface area contributed by atoms with Gasteiger partial charge in [0, 0.05) is 29.7 Å². The zero-order valence-corrected chi connectivity index (χ0v) is 11.2. The SMILES string of the molecule is Cn1cc(-c2cnc(C3(C#N)CC3)[nH]2)c2ccccc21. The van der Waals surface area contributed by atoms with Gasteiger partial charge in [0.05, 0.1) is 18.0 Å². The summed E-state index contributed by atoms with van der Waals surface area (Å²) in [6.07, 6.45) is 5.76. The number of hydrogen-bond donors (Lipinski definition) is 1. The highest BCUT2D eigenvalue weighted by molar-refractivity contribution is 5.95. The van der Waals surface area contributed by atoms with Gasteiger partial charge in [0.2, 0.25) is 0 Å². The van der Waals surface area contributed by atoms with E-state index in [0.29, 0.717) is 0 Å². The van der Waals surface area contributed by atoms with Gasteiger partial charge in [-0.25, -0.2) is 4.98 Å². The number of nitriles is 1. The van der Waals surface area contributed by atoms with Crippen LogP contribution in [0.5, 0.6) is 0 Å². The molecule has 4 rings (SSSR count). The average Bonchev–Trinajstić information content (AvgIpc) is 3.00. The summed E-state index contributed by atoms with van der Waals surface area (Å²) < 4.78 is 2.11. The molecule has 0 radical (unpaired) electrons. The topological polar surface area (TPSA) is 57.4 Å². The summed E-state index contributed by atoms with van der Waals surface area (Å²) in [7, 11) is 2.04. The summed E-state index contributed by atoms with van der Waals surface area (Å²) >= 11 is 0. The molecule has 98 valence electrons. The lowest BCUT2D eigenvalue weighted by Crippen LogP contribution is -2.04. The van der Waals surface area contributed by atoms with E-state index >= 15 is 0 Å². The number of nitrogens with zero attached hydrogens (tertiary/aromatic N) is 3. The summed E-state index contributed by atoms with van der Waals surface area (Å²) in [5.74, 6) is 0.808. The van der Waals surface area contributed by atoms with Gasteiger partial charge in [-0.15, -0.1) is 0 Å². The molecule has 1 aliphatic rings. The molecule has 0 unspecified atom stereocenters. The number of aromatic nitrogens is 3. The van der Waals surface area contributed by atoms with Crippen LogP contribution in [0.15, 0.2) is 36.7 Å². The molecule has 4 nitrogen and oxygen atoms in total. The fourth-order valence-electron chi connectivity index (χ4n) is 2.78. The molecule has 2 heterocycles. The molecule has 3 aromatic rings. The molecule has 4 heteroatoms. The number of aryl methyl sites for hydroxylation is 1. The van der Waals surface area contributed by atoms with Crippen molar-refractivity contribution in [1.82, 2.24) is 14.5 Å². The monoisotopic (exact) mass is 262 g/mol. The molecule has 0 atom stereocenters. The highest BCUT2D eigenvalue weighted by Gasteiger charge is 2.47. The van der Waals surface area contributed by atoms with Crippen LogP contribution in [0.3, 0.4) is 0 Å². The van der Waals surface area contributed by atoms with Crippen LogP contribution < -0.4 is 0 Å². The first kappa shape index (κ1) is 11.3. The molecule has 20 heavy (non-hydrogen) atoms. The third-order valence-electron chi connectivity index (χ3n) is 4.18. The molecule has 0 bridgehead atoms. The quantitative estimate of drug-likeness (QED) is 0.771. The summed E-state index contributed by atoms with van der Waals surface area (Å²) in [5.41, 5.74) is 2.96. The Morgan fingerprint density at radius 2 is 2.15 bits per heavy atom. The molecule has 1 saturated carbocycles. The van der Waals surface area contributed by atoms with Gasteiger partial charge < -0.3 is 9.55 Å². The zero-order chi connectivity index (χ0) is 13.7. The van der Waals surface area contributed by atoms with Gasteiger partial charge in [-0.2, -0.15) is 5.26 Å². The van der Waals surface area contributed by atoms with Crippen LogP contribution in [0.2, 0.25) is 0 Å². The van der Waals surface area contributed by atoms with Crippen molar-refractivity contribution in [2.75, 3.05) is 0 Å². The Balaban J connectivity index is 1.87. The molecule has 1 fully saturated rings. The van der Waals surface area contributed by atoms with E-state index in [0.717, 1.165) is 29.9 Å². The van der Waals surface area contributed by atoms with E-state index < -0.39 is 0 Å². The minimum Gasteiger partial charge on any atom is -0.350 e. The van der Waals surface area contributed by atoms with Crippen LogP contribution in [0.4, 0.5) is 0 Å².